The molecule has 6 rings (SSSR count). The van der Waals surface area contributed by atoms with Crippen molar-refractivity contribution in [1.29, 1.82) is 0 Å². The molecule has 0 spiro atoms. The zero-order valence-corrected chi connectivity index (χ0v) is 21.7. The first-order valence-corrected chi connectivity index (χ1v) is 13.3. The van der Waals surface area contributed by atoms with Crippen molar-refractivity contribution in [3.8, 4) is 28.1 Å². The van der Waals surface area contributed by atoms with Crippen LogP contribution in [0.3, 0.4) is 0 Å². The molecule has 0 bridgehead atoms. The second-order valence-electron chi connectivity index (χ2n) is 8.58. The largest absolute Gasteiger partial charge is 0.496 e. The average Bonchev–Trinajstić information content (AvgIpc) is 3.69. The molecule has 1 aliphatic rings. The highest BCUT2D eigenvalue weighted by Crippen LogP contribution is 2.38. The first-order chi connectivity index (χ1) is 18.0. The minimum Gasteiger partial charge on any atom is -0.496 e. The lowest BCUT2D eigenvalue weighted by Gasteiger charge is -2.28. The highest BCUT2D eigenvalue weighted by molar-refractivity contribution is 7.18. The highest BCUT2D eigenvalue weighted by atomic mass is 32.1. The maximum absolute atomic E-state index is 11.2. The molecule has 1 aliphatic heterocycles. The molecule has 11 nitrogen and oxygen atoms in total. The predicted molar refractivity (Wildman–Crippen MR) is 137 cm³/mol. The van der Waals surface area contributed by atoms with E-state index in [9.17, 15) is 4.79 Å². The molecule has 5 aromatic rings. The van der Waals surface area contributed by atoms with Crippen molar-refractivity contribution in [2.24, 2.45) is 0 Å². The topological polar surface area (TPSA) is 124 Å². The predicted octanol–water partition coefficient (Wildman–Crippen LogP) is 5.11. The number of piperidine rings is 1. The quantitative estimate of drug-likeness (QED) is 0.299. The summed E-state index contributed by atoms with van der Waals surface area (Å²) < 4.78 is 24.6. The maximum Gasteiger partial charge on any atom is 0.407 e. The van der Waals surface area contributed by atoms with Gasteiger partial charge in [0.15, 0.2) is 5.76 Å². The SMILES string of the molecule is COc1cc(OCc2csc(C3CCN(C(=O)O)CC3)n2)c2cc(-c3cn4nc(OC)sc4n3)oc2c1. The van der Waals surface area contributed by atoms with Crippen LogP contribution in [-0.4, -0.2) is 63.0 Å². The number of nitrogens with zero attached hydrogens (tertiary/aromatic N) is 5. The van der Waals surface area contributed by atoms with Crippen LogP contribution in [0.25, 0.3) is 27.4 Å². The standard InChI is InChI=1S/C24H23N5O6S2/c1-32-15-7-18(34-11-14-12-36-21(25-14)13-3-5-28(6-4-13)24(30)31)16-9-20(35-19(16)8-15)17-10-29-22(26-17)37-23(27-29)33-2/h7-10,12-13H,3-6,11H2,1-2H3,(H,30,31). The number of imidazole rings is 1. The van der Waals surface area contributed by atoms with Crippen molar-refractivity contribution in [3.05, 3.63) is 40.5 Å². The molecule has 1 N–H and O–H groups in total. The number of rotatable bonds is 7. The van der Waals surface area contributed by atoms with Gasteiger partial charge in [0, 0.05) is 36.5 Å². The molecule has 5 heterocycles. The summed E-state index contributed by atoms with van der Waals surface area (Å²) in [6.07, 6.45) is 2.50. The van der Waals surface area contributed by atoms with Gasteiger partial charge < -0.3 is 28.6 Å². The van der Waals surface area contributed by atoms with E-state index in [1.54, 1.807) is 36.3 Å². The molecule has 1 amide bonds. The van der Waals surface area contributed by atoms with Gasteiger partial charge in [-0.1, -0.05) is 0 Å². The number of carboxylic acid groups (broad SMARTS) is 1. The molecule has 37 heavy (non-hydrogen) atoms. The second-order valence-corrected chi connectivity index (χ2v) is 10.4. The molecular formula is C24H23N5O6S2. The molecular weight excluding hydrogens is 518 g/mol. The fraction of sp³-hybridized carbons (Fsp3) is 0.333. The van der Waals surface area contributed by atoms with Crippen molar-refractivity contribution in [3.63, 3.8) is 0 Å². The Balaban J connectivity index is 1.21. The van der Waals surface area contributed by atoms with Gasteiger partial charge in [0.05, 0.1) is 36.5 Å². The third-order valence-corrected chi connectivity index (χ3v) is 8.26. The maximum atomic E-state index is 11.2. The Morgan fingerprint density at radius 3 is 2.76 bits per heavy atom. The molecule has 1 fully saturated rings. The zero-order chi connectivity index (χ0) is 25.5. The van der Waals surface area contributed by atoms with Crippen molar-refractivity contribution >= 4 is 44.7 Å². The van der Waals surface area contributed by atoms with E-state index in [1.807, 2.05) is 23.6 Å². The molecule has 1 saturated heterocycles. The summed E-state index contributed by atoms with van der Waals surface area (Å²) in [6, 6.07) is 5.54. The van der Waals surface area contributed by atoms with E-state index in [0.29, 0.717) is 51.8 Å². The van der Waals surface area contributed by atoms with Crippen LogP contribution in [0.1, 0.15) is 29.5 Å². The number of ether oxygens (including phenoxy) is 3. The molecule has 4 aromatic heterocycles. The Morgan fingerprint density at radius 1 is 1.19 bits per heavy atom. The van der Waals surface area contributed by atoms with Crippen LogP contribution in [0.4, 0.5) is 4.79 Å². The number of hydrogen-bond donors (Lipinski definition) is 1. The third kappa shape index (κ3) is 4.55. The summed E-state index contributed by atoms with van der Waals surface area (Å²) in [6.45, 7) is 1.36. The number of hydrogen-bond acceptors (Lipinski definition) is 10. The lowest BCUT2D eigenvalue weighted by molar-refractivity contribution is 0.132. The summed E-state index contributed by atoms with van der Waals surface area (Å²) in [5.41, 5.74) is 2.10. The van der Waals surface area contributed by atoms with E-state index in [4.69, 9.17) is 28.7 Å². The van der Waals surface area contributed by atoms with E-state index in [1.165, 1.54) is 16.2 Å². The first kappa shape index (κ1) is 23.6. The average molecular weight is 542 g/mol. The fourth-order valence-electron chi connectivity index (χ4n) is 4.38. The summed E-state index contributed by atoms with van der Waals surface area (Å²) in [5, 5.41) is 17.8. The van der Waals surface area contributed by atoms with Gasteiger partial charge in [0.2, 0.25) is 4.96 Å². The molecule has 0 aliphatic carbocycles. The third-order valence-electron chi connectivity index (χ3n) is 6.32. The number of fused-ring (bicyclic) bond motifs is 2. The van der Waals surface area contributed by atoms with Crippen LogP contribution in [0.5, 0.6) is 16.7 Å². The molecule has 13 heteroatoms. The number of furan rings is 1. The fourth-order valence-corrected chi connectivity index (χ4v) is 6.05. The van der Waals surface area contributed by atoms with E-state index >= 15 is 0 Å². The first-order valence-electron chi connectivity index (χ1n) is 11.6. The van der Waals surface area contributed by atoms with E-state index < -0.39 is 6.09 Å². The number of thiazole rings is 1. The van der Waals surface area contributed by atoms with E-state index in [-0.39, 0.29) is 12.5 Å². The van der Waals surface area contributed by atoms with Crippen molar-refractivity contribution in [1.82, 2.24) is 24.5 Å². The van der Waals surface area contributed by atoms with Crippen LogP contribution in [0, 0.1) is 0 Å². The van der Waals surface area contributed by atoms with Crippen LogP contribution in [0.2, 0.25) is 0 Å². The normalized spacial score (nSPS) is 14.5. The van der Waals surface area contributed by atoms with Crippen LogP contribution < -0.4 is 14.2 Å². The second kappa shape index (κ2) is 9.56. The number of benzene rings is 1. The number of carbonyl (C=O) groups is 1. The molecule has 0 unspecified atom stereocenters. The molecule has 0 saturated carbocycles. The molecule has 0 atom stereocenters. The highest BCUT2D eigenvalue weighted by Gasteiger charge is 2.25. The monoisotopic (exact) mass is 541 g/mol. The summed E-state index contributed by atoms with van der Waals surface area (Å²) in [4.78, 5) is 22.7. The van der Waals surface area contributed by atoms with Gasteiger partial charge in [0.25, 0.3) is 5.19 Å². The van der Waals surface area contributed by atoms with Gasteiger partial charge in [-0.05, 0) is 30.2 Å². The minimum atomic E-state index is -0.858. The molecule has 192 valence electrons. The van der Waals surface area contributed by atoms with E-state index in [0.717, 1.165) is 28.9 Å². The smallest absolute Gasteiger partial charge is 0.407 e. The van der Waals surface area contributed by atoms with Gasteiger partial charge in [0.1, 0.15) is 29.4 Å². The van der Waals surface area contributed by atoms with Crippen LogP contribution in [-0.2, 0) is 6.61 Å². The number of likely N-dealkylation sites (tertiary alicyclic amines) is 1. The lowest BCUT2D eigenvalue weighted by Crippen LogP contribution is -2.36. The van der Waals surface area contributed by atoms with Gasteiger partial charge in [-0.2, -0.15) is 0 Å². The number of aromatic nitrogens is 4. The lowest BCUT2D eigenvalue weighted by atomic mass is 9.98. The van der Waals surface area contributed by atoms with Crippen molar-refractivity contribution in [2.75, 3.05) is 27.3 Å². The van der Waals surface area contributed by atoms with Gasteiger partial charge in [-0.25, -0.2) is 19.3 Å². The number of methoxy groups -OCH3 is 2. The Labute approximate surface area is 218 Å². The van der Waals surface area contributed by atoms with E-state index in [2.05, 4.69) is 10.1 Å². The van der Waals surface area contributed by atoms with Gasteiger partial charge >= 0.3 is 6.09 Å². The minimum absolute atomic E-state index is 0.272. The van der Waals surface area contributed by atoms with Crippen molar-refractivity contribution < 1.29 is 28.5 Å². The molecule has 1 aromatic carbocycles. The van der Waals surface area contributed by atoms with Gasteiger partial charge in [-0.3, -0.25) is 0 Å². The molecule has 0 radical (unpaired) electrons. The Hall–Kier alpha value is -3.84. The zero-order valence-electron chi connectivity index (χ0n) is 20.0. The van der Waals surface area contributed by atoms with Crippen LogP contribution in [0.15, 0.2) is 34.2 Å². The van der Waals surface area contributed by atoms with Gasteiger partial charge in [-0.15, -0.1) is 16.4 Å². The Morgan fingerprint density at radius 2 is 2.03 bits per heavy atom. The Bertz CT molecular complexity index is 1550. The summed E-state index contributed by atoms with van der Waals surface area (Å²) in [5.74, 6) is 2.10. The van der Waals surface area contributed by atoms with Crippen molar-refractivity contribution in [2.45, 2.75) is 25.4 Å². The Kier molecular flexibility index (Phi) is 6.08. The summed E-state index contributed by atoms with van der Waals surface area (Å²) >= 11 is 2.94. The number of amides is 1. The summed E-state index contributed by atoms with van der Waals surface area (Å²) in [7, 11) is 3.17. The van der Waals surface area contributed by atoms with Crippen LogP contribution >= 0.6 is 22.7 Å².